The number of carbonyl (C=O) groups excluding carboxylic acids is 1. The number of amides is 1. The second kappa shape index (κ2) is 8.02. The lowest BCUT2D eigenvalue weighted by atomic mass is 10.2. The summed E-state index contributed by atoms with van der Waals surface area (Å²) in [6.45, 7) is 4.91. The molecule has 1 aromatic carbocycles. The first-order chi connectivity index (χ1) is 13.6. The fraction of sp³-hybridized carbons (Fsp3) is 0.300. The van der Waals surface area contributed by atoms with Crippen LogP contribution >= 0.6 is 11.8 Å². The Morgan fingerprint density at radius 3 is 2.54 bits per heavy atom. The molecule has 0 radical (unpaired) electrons. The van der Waals surface area contributed by atoms with Crippen molar-refractivity contribution in [3.63, 3.8) is 0 Å². The van der Waals surface area contributed by atoms with Gasteiger partial charge in [0, 0.05) is 38.1 Å². The number of fused-ring (bicyclic) bond motifs is 1. The van der Waals surface area contributed by atoms with E-state index in [2.05, 4.69) is 27.0 Å². The van der Waals surface area contributed by atoms with Crippen molar-refractivity contribution in [1.82, 2.24) is 19.3 Å². The minimum absolute atomic E-state index is 0.0467. The quantitative estimate of drug-likeness (QED) is 0.628. The molecule has 1 aliphatic rings. The number of thioether (sulfide) groups is 1. The monoisotopic (exact) mass is 395 g/mol. The largest absolute Gasteiger partial charge is 0.368 e. The SMILES string of the molecule is Cc1ccc2nc(SCC(=O)N3CCN(c4ccccc4)CC3)nc(=O)n2c1. The number of benzene rings is 1. The average Bonchev–Trinajstić information content (AvgIpc) is 2.73. The summed E-state index contributed by atoms with van der Waals surface area (Å²) in [5, 5.41) is 0.338. The molecule has 7 nitrogen and oxygen atoms in total. The third-order valence-electron chi connectivity index (χ3n) is 4.76. The van der Waals surface area contributed by atoms with Gasteiger partial charge in [0.2, 0.25) is 5.91 Å². The molecule has 2 aromatic heterocycles. The zero-order valence-electron chi connectivity index (χ0n) is 15.6. The Hall–Kier alpha value is -2.87. The molecular weight excluding hydrogens is 374 g/mol. The molecule has 0 unspecified atom stereocenters. The van der Waals surface area contributed by atoms with E-state index in [1.807, 2.05) is 36.1 Å². The van der Waals surface area contributed by atoms with Crippen LogP contribution < -0.4 is 10.6 Å². The minimum atomic E-state index is -0.375. The molecule has 3 aromatic rings. The van der Waals surface area contributed by atoms with Crippen LogP contribution in [-0.4, -0.2) is 57.1 Å². The topological polar surface area (TPSA) is 70.8 Å². The number of nitrogens with zero attached hydrogens (tertiary/aromatic N) is 5. The third kappa shape index (κ3) is 4.01. The van der Waals surface area contributed by atoms with Crippen LogP contribution in [0, 0.1) is 6.92 Å². The lowest BCUT2D eigenvalue weighted by Crippen LogP contribution is -2.49. The van der Waals surface area contributed by atoms with Crippen LogP contribution in [0.3, 0.4) is 0 Å². The maximum absolute atomic E-state index is 12.6. The summed E-state index contributed by atoms with van der Waals surface area (Å²) in [4.78, 5) is 37.2. The number of piperazine rings is 1. The Bertz CT molecular complexity index is 1050. The van der Waals surface area contributed by atoms with Crippen molar-refractivity contribution >= 4 is 29.0 Å². The number of carbonyl (C=O) groups is 1. The van der Waals surface area contributed by atoms with Gasteiger partial charge in [-0.25, -0.2) is 9.78 Å². The van der Waals surface area contributed by atoms with Crippen LogP contribution in [0.25, 0.3) is 5.65 Å². The van der Waals surface area contributed by atoms with Gasteiger partial charge in [0.25, 0.3) is 0 Å². The molecule has 1 amide bonds. The molecule has 1 fully saturated rings. The first-order valence-electron chi connectivity index (χ1n) is 9.18. The van der Waals surface area contributed by atoms with Crippen molar-refractivity contribution in [3.8, 4) is 0 Å². The number of pyridine rings is 1. The Labute approximate surface area is 167 Å². The molecule has 0 atom stereocenters. The third-order valence-corrected chi connectivity index (χ3v) is 5.59. The highest BCUT2D eigenvalue weighted by Crippen LogP contribution is 2.17. The average molecular weight is 395 g/mol. The number of para-hydroxylation sites is 1. The molecule has 0 saturated carbocycles. The highest BCUT2D eigenvalue weighted by atomic mass is 32.2. The number of hydrogen-bond acceptors (Lipinski definition) is 6. The second-order valence-electron chi connectivity index (χ2n) is 6.72. The summed E-state index contributed by atoms with van der Waals surface area (Å²) < 4.78 is 1.42. The Balaban J connectivity index is 1.35. The van der Waals surface area contributed by atoms with E-state index >= 15 is 0 Å². The first kappa shape index (κ1) is 18.5. The summed E-state index contributed by atoms with van der Waals surface area (Å²) >= 11 is 1.21. The molecule has 8 heteroatoms. The van der Waals surface area contributed by atoms with E-state index < -0.39 is 0 Å². The number of rotatable bonds is 4. The number of anilines is 1. The van der Waals surface area contributed by atoms with Gasteiger partial charge in [-0.2, -0.15) is 4.98 Å². The lowest BCUT2D eigenvalue weighted by molar-refractivity contribution is -0.128. The van der Waals surface area contributed by atoms with E-state index in [4.69, 9.17) is 0 Å². The molecule has 1 saturated heterocycles. The normalized spacial score (nSPS) is 14.5. The van der Waals surface area contributed by atoms with E-state index in [1.54, 1.807) is 12.3 Å². The molecule has 0 bridgehead atoms. The summed E-state index contributed by atoms with van der Waals surface area (Å²) in [6, 6.07) is 13.9. The second-order valence-corrected chi connectivity index (χ2v) is 7.66. The molecular formula is C20H21N5O2S. The van der Waals surface area contributed by atoms with Crippen molar-refractivity contribution in [2.24, 2.45) is 0 Å². The predicted octanol–water partition coefficient (Wildman–Crippen LogP) is 1.84. The Morgan fingerprint density at radius 2 is 1.79 bits per heavy atom. The van der Waals surface area contributed by atoms with Gasteiger partial charge in [-0.3, -0.25) is 9.20 Å². The summed E-state index contributed by atoms with van der Waals surface area (Å²) in [5.74, 6) is 0.276. The molecule has 0 aliphatic carbocycles. The zero-order chi connectivity index (χ0) is 19.5. The molecule has 0 N–H and O–H groups in total. The minimum Gasteiger partial charge on any atom is -0.368 e. The van der Waals surface area contributed by atoms with E-state index in [0.717, 1.165) is 18.7 Å². The highest BCUT2D eigenvalue weighted by molar-refractivity contribution is 7.99. The molecule has 0 spiro atoms. The van der Waals surface area contributed by atoms with Gasteiger partial charge in [-0.05, 0) is 30.7 Å². The van der Waals surface area contributed by atoms with Gasteiger partial charge in [-0.15, -0.1) is 0 Å². The first-order valence-corrected chi connectivity index (χ1v) is 10.2. The number of hydrogen-bond donors (Lipinski definition) is 0. The number of aromatic nitrogens is 3. The van der Waals surface area contributed by atoms with Gasteiger partial charge in [0.1, 0.15) is 5.65 Å². The van der Waals surface area contributed by atoms with E-state index in [1.165, 1.54) is 21.8 Å². The Kier molecular flexibility index (Phi) is 5.29. The van der Waals surface area contributed by atoms with E-state index in [-0.39, 0.29) is 17.3 Å². The van der Waals surface area contributed by atoms with Crippen LogP contribution in [0.4, 0.5) is 5.69 Å². The van der Waals surface area contributed by atoms with Crippen molar-refractivity contribution in [2.45, 2.75) is 12.1 Å². The maximum Gasteiger partial charge on any atom is 0.355 e. The van der Waals surface area contributed by atoms with Gasteiger partial charge in [0.05, 0.1) is 5.75 Å². The van der Waals surface area contributed by atoms with Crippen LogP contribution in [0.5, 0.6) is 0 Å². The van der Waals surface area contributed by atoms with Gasteiger partial charge in [-0.1, -0.05) is 36.0 Å². The Morgan fingerprint density at radius 1 is 1.04 bits per heavy atom. The van der Waals surface area contributed by atoms with E-state index in [0.29, 0.717) is 23.9 Å². The fourth-order valence-corrected chi connectivity index (χ4v) is 3.97. The van der Waals surface area contributed by atoms with Gasteiger partial charge in [0.15, 0.2) is 5.16 Å². The molecule has 3 heterocycles. The lowest BCUT2D eigenvalue weighted by Gasteiger charge is -2.36. The zero-order valence-corrected chi connectivity index (χ0v) is 16.4. The molecule has 1 aliphatic heterocycles. The van der Waals surface area contributed by atoms with Gasteiger partial charge >= 0.3 is 5.69 Å². The maximum atomic E-state index is 12.6. The number of aryl methyl sites for hydroxylation is 1. The van der Waals surface area contributed by atoms with Gasteiger partial charge < -0.3 is 9.80 Å². The highest BCUT2D eigenvalue weighted by Gasteiger charge is 2.21. The van der Waals surface area contributed by atoms with Crippen LogP contribution in [0.15, 0.2) is 58.6 Å². The van der Waals surface area contributed by atoms with Crippen molar-refractivity contribution < 1.29 is 4.79 Å². The van der Waals surface area contributed by atoms with Crippen molar-refractivity contribution in [1.29, 1.82) is 0 Å². The fourth-order valence-electron chi connectivity index (χ4n) is 3.24. The summed E-state index contributed by atoms with van der Waals surface area (Å²) in [5.41, 5.74) is 2.31. The van der Waals surface area contributed by atoms with E-state index in [9.17, 15) is 9.59 Å². The van der Waals surface area contributed by atoms with Crippen LogP contribution in [0.2, 0.25) is 0 Å². The predicted molar refractivity (Wildman–Crippen MR) is 110 cm³/mol. The van der Waals surface area contributed by atoms with Crippen LogP contribution in [-0.2, 0) is 4.79 Å². The molecule has 28 heavy (non-hydrogen) atoms. The van der Waals surface area contributed by atoms with Crippen LogP contribution in [0.1, 0.15) is 5.56 Å². The van der Waals surface area contributed by atoms with Crippen molar-refractivity contribution in [2.75, 3.05) is 36.8 Å². The summed E-state index contributed by atoms with van der Waals surface area (Å²) in [7, 11) is 0. The summed E-state index contributed by atoms with van der Waals surface area (Å²) in [6.07, 6.45) is 1.71. The molecule has 144 valence electrons. The molecule has 4 rings (SSSR count). The standard InChI is InChI=1S/C20H21N5O2S/c1-15-7-8-17-21-19(22-20(27)25(17)13-15)28-14-18(26)24-11-9-23(10-12-24)16-5-3-2-4-6-16/h2-8,13H,9-12,14H2,1H3. The van der Waals surface area contributed by atoms with Crippen molar-refractivity contribution in [3.05, 3.63) is 64.7 Å². The smallest absolute Gasteiger partial charge is 0.355 e.